The van der Waals surface area contributed by atoms with E-state index >= 15 is 0 Å². The van der Waals surface area contributed by atoms with Gasteiger partial charge in [0.15, 0.2) is 0 Å². The van der Waals surface area contributed by atoms with Crippen molar-refractivity contribution in [2.75, 3.05) is 19.7 Å². The largest absolute Gasteiger partial charge is 0.371 e. The molecular formula is C16H16ClFN2O. The van der Waals surface area contributed by atoms with Crippen LogP contribution in [0.3, 0.4) is 0 Å². The number of rotatable bonds is 3. The van der Waals surface area contributed by atoms with Crippen molar-refractivity contribution in [2.45, 2.75) is 12.6 Å². The molecule has 5 heteroatoms. The highest BCUT2D eigenvalue weighted by atomic mass is 35.5. The normalized spacial score (nSPS) is 19.6. The van der Waals surface area contributed by atoms with Gasteiger partial charge in [-0.1, -0.05) is 23.7 Å². The molecule has 2 heterocycles. The number of hydrogen-bond acceptors (Lipinski definition) is 3. The molecule has 0 aliphatic carbocycles. The lowest BCUT2D eigenvalue weighted by Gasteiger charge is -2.33. The Morgan fingerprint density at radius 3 is 3.00 bits per heavy atom. The Labute approximate surface area is 128 Å². The van der Waals surface area contributed by atoms with Gasteiger partial charge in [-0.25, -0.2) is 4.39 Å². The Bertz CT molecular complexity index is 608. The van der Waals surface area contributed by atoms with Gasteiger partial charge in [0.05, 0.1) is 23.4 Å². The molecular weight excluding hydrogens is 291 g/mol. The van der Waals surface area contributed by atoms with Crippen molar-refractivity contribution >= 4 is 11.6 Å². The van der Waals surface area contributed by atoms with Crippen LogP contribution in [-0.4, -0.2) is 29.6 Å². The highest BCUT2D eigenvalue weighted by Gasteiger charge is 2.22. The summed E-state index contributed by atoms with van der Waals surface area (Å²) in [5, 5.41) is 0.137. The molecule has 0 bridgehead atoms. The van der Waals surface area contributed by atoms with Gasteiger partial charge in [-0.3, -0.25) is 9.88 Å². The zero-order valence-corrected chi connectivity index (χ0v) is 12.3. The number of benzene rings is 1. The average Bonchev–Trinajstić information content (AvgIpc) is 2.51. The quantitative estimate of drug-likeness (QED) is 0.868. The highest BCUT2D eigenvalue weighted by Crippen LogP contribution is 2.26. The summed E-state index contributed by atoms with van der Waals surface area (Å²) in [6, 6.07) is 10.7. The summed E-state index contributed by atoms with van der Waals surface area (Å²) in [4.78, 5) is 6.63. The maximum Gasteiger partial charge on any atom is 0.141 e. The molecule has 0 unspecified atom stereocenters. The number of halogens is 2. The zero-order chi connectivity index (χ0) is 14.7. The van der Waals surface area contributed by atoms with Crippen LogP contribution in [0, 0.1) is 5.82 Å². The van der Waals surface area contributed by atoms with Crippen LogP contribution in [0.2, 0.25) is 5.02 Å². The molecule has 3 nitrogen and oxygen atoms in total. The van der Waals surface area contributed by atoms with Crippen LogP contribution in [0.1, 0.15) is 17.4 Å². The molecule has 1 aromatic heterocycles. The van der Waals surface area contributed by atoms with Crippen molar-refractivity contribution < 1.29 is 9.13 Å². The van der Waals surface area contributed by atoms with Crippen LogP contribution in [-0.2, 0) is 11.3 Å². The van der Waals surface area contributed by atoms with E-state index in [1.807, 2.05) is 18.2 Å². The van der Waals surface area contributed by atoms with Crippen molar-refractivity contribution in [3.63, 3.8) is 0 Å². The van der Waals surface area contributed by atoms with Gasteiger partial charge in [0.25, 0.3) is 0 Å². The van der Waals surface area contributed by atoms with Gasteiger partial charge in [0.1, 0.15) is 5.82 Å². The molecule has 0 saturated carbocycles. The average molecular weight is 307 g/mol. The van der Waals surface area contributed by atoms with Crippen LogP contribution < -0.4 is 0 Å². The molecule has 0 spiro atoms. The van der Waals surface area contributed by atoms with E-state index in [0.29, 0.717) is 6.61 Å². The minimum atomic E-state index is -0.401. The highest BCUT2D eigenvalue weighted by molar-refractivity contribution is 6.30. The van der Waals surface area contributed by atoms with E-state index < -0.39 is 5.82 Å². The monoisotopic (exact) mass is 306 g/mol. The first-order valence-corrected chi connectivity index (χ1v) is 7.29. The topological polar surface area (TPSA) is 25.4 Å². The lowest BCUT2D eigenvalue weighted by atomic mass is 10.1. The molecule has 3 rings (SSSR count). The van der Waals surface area contributed by atoms with Crippen molar-refractivity contribution in [2.24, 2.45) is 0 Å². The van der Waals surface area contributed by atoms with Gasteiger partial charge in [0.2, 0.25) is 0 Å². The molecule has 0 amide bonds. The van der Waals surface area contributed by atoms with Crippen molar-refractivity contribution in [1.82, 2.24) is 9.88 Å². The number of nitrogens with zero attached hydrogens (tertiary/aromatic N) is 2. The van der Waals surface area contributed by atoms with Gasteiger partial charge in [-0.05, 0) is 29.8 Å². The summed E-state index contributed by atoms with van der Waals surface area (Å²) >= 11 is 5.85. The van der Waals surface area contributed by atoms with Crippen LogP contribution in [0.4, 0.5) is 4.39 Å². The van der Waals surface area contributed by atoms with Crippen LogP contribution in [0.25, 0.3) is 0 Å². The van der Waals surface area contributed by atoms with Crippen molar-refractivity contribution in [1.29, 1.82) is 0 Å². The molecule has 1 aliphatic rings. The first-order chi connectivity index (χ1) is 10.2. The smallest absolute Gasteiger partial charge is 0.141 e. The van der Waals surface area contributed by atoms with Crippen molar-refractivity contribution in [3.8, 4) is 0 Å². The summed E-state index contributed by atoms with van der Waals surface area (Å²) in [6.07, 6.45) is 1.72. The third kappa shape index (κ3) is 3.59. The number of hydrogen-bond donors (Lipinski definition) is 0. The Morgan fingerprint density at radius 1 is 1.33 bits per heavy atom. The summed E-state index contributed by atoms with van der Waals surface area (Å²) in [7, 11) is 0. The van der Waals surface area contributed by atoms with Gasteiger partial charge in [-0.15, -0.1) is 0 Å². The summed E-state index contributed by atoms with van der Waals surface area (Å²) in [5.41, 5.74) is 1.95. The molecule has 1 aliphatic heterocycles. The second-order valence-corrected chi connectivity index (χ2v) is 5.50. The number of ether oxygens (including phenoxy) is 1. The fourth-order valence-electron chi connectivity index (χ4n) is 2.48. The maximum atomic E-state index is 13.2. The molecule has 0 radical (unpaired) electrons. The molecule has 21 heavy (non-hydrogen) atoms. The number of aromatic nitrogens is 1. The first kappa shape index (κ1) is 14.4. The molecule has 2 aromatic rings. The van der Waals surface area contributed by atoms with Crippen molar-refractivity contribution in [3.05, 3.63) is 64.7 Å². The SMILES string of the molecule is Fc1ccc([C@H]2CN(Cc3ccccn3)CCO2)cc1Cl. The fourth-order valence-corrected chi connectivity index (χ4v) is 2.67. The second kappa shape index (κ2) is 6.52. The summed E-state index contributed by atoms with van der Waals surface area (Å²) < 4.78 is 19.0. The third-order valence-corrected chi connectivity index (χ3v) is 3.87. The lowest BCUT2D eigenvalue weighted by molar-refractivity contribution is -0.0333. The minimum absolute atomic E-state index is 0.0828. The van der Waals surface area contributed by atoms with Crippen LogP contribution in [0.15, 0.2) is 42.6 Å². The van der Waals surface area contributed by atoms with E-state index in [1.54, 1.807) is 18.3 Å². The van der Waals surface area contributed by atoms with Gasteiger partial charge in [-0.2, -0.15) is 0 Å². The van der Waals surface area contributed by atoms with Gasteiger partial charge < -0.3 is 4.74 Å². The van der Waals surface area contributed by atoms with E-state index in [2.05, 4.69) is 9.88 Å². The zero-order valence-electron chi connectivity index (χ0n) is 11.5. The van der Waals surface area contributed by atoms with E-state index in [0.717, 1.165) is 30.9 Å². The number of pyridine rings is 1. The van der Waals surface area contributed by atoms with Crippen LogP contribution in [0.5, 0.6) is 0 Å². The Balaban J connectivity index is 1.69. The molecule has 110 valence electrons. The Morgan fingerprint density at radius 2 is 2.24 bits per heavy atom. The Kier molecular flexibility index (Phi) is 4.48. The maximum absolute atomic E-state index is 13.2. The Hall–Kier alpha value is -1.49. The molecule has 1 fully saturated rings. The third-order valence-electron chi connectivity index (χ3n) is 3.58. The van der Waals surface area contributed by atoms with E-state index in [4.69, 9.17) is 16.3 Å². The lowest BCUT2D eigenvalue weighted by Crippen LogP contribution is -2.38. The molecule has 1 saturated heterocycles. The van der Waals surface area contributed by atoms with E-state index in [1.165, 1.54) is 6.07 Å². The fraction of sp³-hybridized carbons (Fsp3) is 0.312. The predicted molar refractivity (Wildman–Crippen MR) is 79.6 cm³/mol. The van der Waals surface area contributed by atoms with E-state index in [9.17, 15) is 4.39 Å². The van der Waals surface area contributed by atoms with E-state index in [-0.39, 0.29) is 11.1 Å². The van der Waals surface area contributed by atoms with Gasteiger partial charge in [0, 0.05) is 25.8 Å². The summed E-state index contributed by atoms with van der Waals surface area (Å²) in [6.45, 7) is 3.04. The van der Waals surface area contributed by atoms with Gasteiger partial charge >= 0.3 is 0 Å². The standard InChI is InChI=1S/C16H16ClFN2O/c17-14-9-12(4-5-15(14)18)16-11-20(7-8-21-16)10-13-3-1-2-6-19-13/h1-6,9,16H,7-8,10-11H2/t16-/m1/s1. The summed E-state index contributed by atoms with van der Waals surface area (Å²) in [5.74, 6) is -0.401. The second-order valence-electron chi connectivity index (χ2n) is 5.09. The predicted octanol–water partition coefficient (Wildman–Crippen LogP) is 3.45. The number of morpholine rings is 1. The molecule has 0 N–H and O–H groups in total. The molecule has 1 atom stereocenters. The minimum Gasteiger partial charge on any atom is -0.371 e. The first-order valence-electron chi connectivity index (χ1n) is 6.91. The van der Waals surface area contributed by atoms with Crippen LogP contribution >= 0.6 is 11.6 Å². The molecule has 1 aromatic carbocycles.